The molecule has 0 unspecified atom stereocenters. The molecule has 4 heteroatoms. The number of nitrogens with zero attached hydrogens (tertiary/aromatic N) is 2. The average Bonchev–Trinajstić information content (AvgIpc) is 3.64. The Morgan fingerprint density at radius 3 is 1.23 bits per heavy atom. The van der Waals surface area contributed by atoms with Crippen LogP contribution in [0.3, 0.4) is 0 Å². The van der Waals surface area contributed by atoms with Gasteiger partial charge in [0.2, 0.25) is 5.88 Å². The van der Waals surface area contributed by atoms with E-state index in [9.17, 15) is 0 Å². The maximum Gasteiger partial charge on any atom is 0.257 e. The monoisotopic (exact) mass is 915 g/mol. The fourth-order valence-electron chi connectivity index (χ4n) is 14.7. The van der Waals surface area contributed by atoms with E-state index in [4.69, 9.17) is 4.42 Å². The summed E-state index contributed by atoms with van der Waals surface area (Å²) < 4.78 is 7.65. The van der Waals surface area contributed by atoms with E-state index >= 15 is 0 Å². The Hall–Kier alpha value is -4.70. The van der Waals surface area contributed by atoms with Gasteiger partial charge in [0, 0.05) is 39.3 Å². The molecule has 69 heavy (non-hydrogen) atoms. The van der Waals surface area contributed by atoms with Gasteiger partial charge in [0.25, 0.3) is 6.71 Å². The number of hydrogen-bond donors (Lipinski definition) is 0. The molecule has 5 aromatic carbocycles. The molecule has 0 bridgehead atoms. The van der Waals surface area contributed by atoms with E-state index < -0.39 is 0 Å². The average molecular weight is 915 g/mol. The molecule has 6 aromatic rings. The predicted molar refractivity (Wildman–Crippen MR) is 296 cm³/mol. The van der Waals surface area contributed by atoms with E-state index in [0.29, 0.717) is 0 Å². The summed E-state index contributed by atoms with van der Waals surface area (Å²) in [5.41, 5.74) is 25.2. The molecular formula is C65H79BN2O. The molecular weight excluding hydrogens is 836 g/mol. The van der Waals surface area contributed by atoms with E-state index in [1.54, 1.807) is 0 Å². The van der Waals surface area contributed by atoms with E-state index in [-0.39, 0.29) is 50.0 Å². The van der Waals surface area contributed by atoms with Gasteiger partial charge in [0.1, 0.15) is 5.58 Å². The molecule has 0 saturated carbocycles. The number of furan rings is 1. The minimum absolute atomic E-state index is 0.0285. The second-order valence-corrected chi connectivity index (χ2v) is 28.5. The van der Waals surface area contributed by atoms with E-state index in [1.165, 1.54) is 152 Å². The third-order valence-electron chi connectivity index (χ3n) is 20.0. The molecule has 0 atom stereocenters. The highest BCUT2D eigenvalue weighted by Crippen LogP contribution is 2.55. The van der Waals surface area contributed by atoms with Crippen LogP contribution in [0.4, 0.5) is 34.3 Å². The minimum Gasteiger partial charge on any atom is -0.440 e. The van der Waals surface area contributed by atoms with Crippen molar-refractivity contribution >= 4 is 68.4 Å². The molecule has 4 aliphatic carbocycles. The molecule has 12 rings (SSSR count). The van der Waals surface area contributed by atoms with Crippen molar-refractivity contribution in [3.8, 4) is 0 Å². The molecule has 0 spiro atoms. The lowest BCUT2D eigenvalue weighted by atomic mass is 9.33. The first-order valence-corrected chi connectivity index (χ1v) is 26.9. The van der Waals surface area contributed by atoms with E-state index in [2.05, 4.69) is 200 Å². The maximum atomic E-state index is 7.65. The first-order chi connectivity index (χ1) is 32.0. The summed E-state index contributed by atoms with van der Waals surface area (Å²) in [4.78, 5) is 5.28. The summed E-state index contributed by atoms with van der Waals surface area (Å²) in [5.74, 6) is 0.985. The van der Waals surface area contributed by atoms with Crippen LogP contribution in [0.2, 0.25) is 0 Å². The van der Waals surface area contributed by atoms with Crippen LogP contribution in [0, 0.1) is 6.92 Å². The van der Waals surface area contributed by atoms with Gasteiger partial charge in [-0.25, -0.2) is 0 Å². The van der Waals surface area contributed by atoms with Crippen LogP contribution in [0.15, 0.2) is 77.2 Å². The lowest BCUT2D eigenvalue weighted by Crippen LogP contribution is -2.61. The summed E-state index contributed by atoms with van der Waals surface area (Å²) in [7, 11) is 0. The van der Waals surface area contributed by atoms with Crippen LogP contribution in [0.1, 0.15) is 212 Å². The topological polar surface area (TPSA) is 19.6 Å². The van der Waals surface area contributed by atoms with Crippen LogP contribution >= 0.6 is 0 Å². The Morgan fingerprint density at radius 1 is 0.377 bits per heavy atom. The van der Waals surface area contributed by atoms with Crippen LogP contribution in [-0.4, -0.2) is 6.71 Å². The Bertz CT molecular complexity index is 3220. The van der Waals surface area contributed by atoms with Crippen molar-refractivity contribution in [1.82, 2.24) is 0 Å². The highest BCUT2D eigenvalue weighted by atomic mass is 16.4. The molecule has 0 N–H and O–H groups in total. The van der Waals surface area contributed by atoms with Gasteiger partial charge in [-0.2, -0.15) is 0 Å². The molecule has 3 heterocycles. The molecule has 358 valence electrons. The Balaban J connectivity index is 1.22. The molecule has 3 nitrogen and oxygen atoms in total. The van der Waals surface area contributed by atoms with Gasteiger partial charge >= 0.3 is 0 Å². The summed E-state index contributed by atoms with van der Waals surface area (Å²) in [6.45, 7) is 41.8. The third kappa shape index (κ3) is 6.37. The van der Waals surface area contributed by atoms with Crippen molar-refractivity contribution in [2.75, 3.05) is 9.80 Å². The fourth-order valence-corrected chi connectivity index (χ4v) is 14.7. The summed E-state index contributed by atoms with van der Waals surface area (Å²) in [5, 5.41) is 1.27. The quantitative estimate of drug-likeness (QED) is 0.161. The van der Waals surface area contributed by atoms with Crippen molar-refractivity contribution in [2.45, 2.75) is 212 Å². The van der Waals surface area contributed by atoms with E-state index in [0.717, 1.165) is 11.5 Å². The number of rotatable bonds is 2. The third-order valence-corrected chi connectivity index (χ3v) is 20.0. The van der Waals surface area contributed by atoms with Crippen LogP contribution in [-0.2, 0) is 43.3 Å². The second-order valence-electron chi connectivity index (χ2n) is 28.5. The minimum atomic E-state index is -0.0285. The number of fused-ring (bicyclic) bond motifs is 10. The van der Waals surface area contributed by atoms with Gasteiger partial charge in [-0.05, 0) is 217 Å². The smallest absolute Gasteiger partial charge is 0.257 e. The molecule has 0 amide bonds. The van der Waals surface area contributed by atoms with Crippen molar-refractivity contribution in [1.29, 1.82) is 0 Å². The zero-order chi connectivity index (χ0) is 49.1. The number of benzene rings is 5. The van der Waals surface area contributed by atoms with Gasteiger partial charge in [-0.3, -0.25) is 4.90 Å². The fraction of sp³-hybridized carbons (Fsp3) is 0.508. The van der Waals surface area contributed by atoms with Gasteiger partial charge in [0.15, 0.2) is 0 Å². The number of anilines is 6. The van der Waals surface area contributed by atoms with Crippen LogP contribution in [0.5, 0.6) is 0 Å². The first kappa shape index (κ1) is 45.4. The zero-order valence-corrected chi connectivity index (χ0v) is 45.5. The van der Waals surface area contributed by atoms with Crippen LogP contribution < -0.4 is 26.2 Å². The summed E-state index contributed by atoms with van der Waals surface area (Å²) >= 11 is 0. The van der Waals surface area contributed by atoms with E-state index in [1.807, 2.05) is 0 Å². The van der Waals surface area contributed by atoms with Crippen molar-refractivity contribution < 1.29 is 4.42 Å². The van der Waals surface area contributed by atoms with Gasteiger partial charge < -0.3 is 9.32 Å². The lowest BCUT2D eigenvalue weighted by molar-refractivity contribution is 0.332. The van der Waals surface area contributed by atoms with Crippen LogP contribution in [0.25, 0.3) is 11.0 Å². The molecule has 0 radical (unpaired) electrons. The highest BCUT2D eigenvalue weighted by molar-refractivity contribution is 7.01. The van der Waals surface area contributed by atoms with Gasteiger partial charge in [-0.1, -0.05) is 129 Å². The van der Waals surface area contributed by atoms with Crippen molar-refractivity contribution in [2.24, 2.45) is 0 Å². The normalized spacial score (nSPS) is 22.9. The maximum absolute atomic E-state index is 7.65. The lowest BCUT2D eigenvalue weighted by Gasteiger charge is -2.47. The van der Waals surface area contributed by atoms with Crippen molar-refractivity contribution in [3.05, 3.63) is 123 Å². The highest BCUT2D eigenvalue weighted by Gasteiger charge is 2.50. The second kappa shape index (κ2) is 13.8. The molecule has 2 aliphatic heterocycles. The molecule has 1 aromatic heterocycles. The first-order valence-electron chi connectivity index (χ1n) is 26.9. The molecule has 0 saturated heterocycles. The Kier molecular flexibility index (Phi) is 9.11. The van der Waals surface area contributed by atoms with Gasteiger partial charge in [-0.15, -0.1) is 0 Å². The summed E-state index contributed by atoms with van der Waals surface area (Å²) in [6, 6.07) is 30.5. The van der Waals surface area contributed by atoms with Gasteiger partial charge in [0.05, 0.1) is 0 Å². The summed E-state index contributed by atoms with van der Waals surface area (Å²) in [6.07, 6.45) is 9.44. The molecule has 0 fully saturated rings. The standard InChI is InChI=1S/C65H79BN2O/c1-38-30-52-56-53(31-38)68(40-19-21-43-45(33-40)61(8,9)25-23-59(43,4)5)57-55(41-34-46-49(37-54(41)69-57)65(16,17)29-26-62(46,10)11)66(56)50-35-47-48(64(14,15)28-27-63(47,12)13)36-51(50)67(52)39-18-20-42-44(32-39)60(6,7)24-22-58(42,2)3/h18-21,30-37H,22-29H2,1-17H3. The predicted octanol–water partition coefficient (Wildman–Crippen LogP) is 16.2. The zero-order valence-electron chi connectivity index (χ0n) is 45.5. The van der Waals surface area contributed by atoms with Crippen molar-refractivity contribution in [3.63, 3.8) is 0 Å². The number of hydrogen-bond acceptors (Lipinski definition) is 3. The number of aryl methyl sites for hydroxylation is 1. The SMILES string of the molecule is Cc1cc2c3c(c1)N(c1ccc4c(c1)C(C)(C)CCC4(C)C)c1oc4cc5c(cc4c1B3c1cc3c(cc1N2c1ccc2c(c1)C(C)(C)CCC2(C)C)C(C)(C)CCC3(C)C)C(C)(C)CCC5(C)C. The largest absolute Gasteiger partial charge is 0.440 e. The Labute approximate surface area is 415 Å². The Morgan fingerprint density at radius 2 is 0.754 bits per heavy atom. The molecule has 6 aliphatic rings.